The molecule has 0 N–H and O–H groups in total. The van der Waals surface area contributed by atoms with E-state index in [1.54, 1.807) is 13.8 Å². The van der Waals surface area contributed by atoms with Crippen molar-refractivity contribution in [3.05, 3.63) is 27.8 Å². The topological polar surface area (TPSA) is 87.9 Å². The molecule has 0 saturated carbocycles. The first kappa shape index (κ1) is 14.7. The van der Waals surface area contributed by atoms with Gasteiger partial charge in [0.25, 0.3) is 0 Å². The Labute approximate surface area is 110 Å². The lowest BCUT2D eigenvalue weighted by Gasteiger charge is -2.09. The lowest BCUT2D eigenvalue weighted by molar-refractivity contribution is -0.385. The third-order valence-corrected chi connectivity index (χ3v) is 2.32. The Balaban J connectivity index is 2.95. The van der Waals surface area contributed by atoms with E-state index in [0.29, 0.717) is 11.3 Å². The maximum absolute atomic E-state index is 11.2. The van der Waals surface area contributed by atoms with E-state index in [1.165, 1.54) is 19.2 Å². The molecule has 0 amide bonds. The molecule has 0 bridgehead atoms. The summed E-state index contributed by atoms with van der Waals surface area (Å²) in [6, 6.07) is 2.71. The SMILES string of the molecule is CCOC(=O)COc1cc(C)c(OC)cc1[N+](=O)[O-]. The van der Waals surface area contributed by atoms with E-state index in [-0.39, 0.29) is 24.7 Å². The first-order chi connectivity index (χ1) is 8.99. The van der Waals surface area contributed by atoms with Gasteiger partial charge in [-0.15, -0.1) is 0 Å². The molecule has 0 aromatic heterocycles. The van der Waals surface area contributed by atoms with Crippen LogP contribution in [-0.4, -0.2) is 31.2 Å². The molecule has 0 spiro atoms. The minimum absolute atomic E-state index is 0.0105. The second kappa shape index (κ2) is 6.58. The van der Waals surface area contributed by atoms with Gasteiger partial charge in [0, 0.05) is 0 Å². The maximum Gasteiger partial charge on any atom is 0.344 e. The summed E-state index contributed by atoms with van der Waals surface area (Å²) in [5.74, 6) is -0.184. The zero-order valence-corrected chi connectivity index (χ0v) is 11.0. The van der Waals surface area contributed by atoms with Gasteiger partial charge in [-0.1, -0.05) is 0 Å². The van der Waals surface area contributed by atoms with E-state index in [4.69, 9.17) is 9.47 Å². The predicted molar refractivity (Wildman–Crippen MR) is 66.5 cm³/mol. The smallest absolute Gasteiger partial charge is 0.344 e. The molecule has 7 heteroatoms. The quantitative estimate of drug-likeness (QED) is 0.445. The molecule has 19 heavy (non-hydrogen) atoms. The second-order valence-corrected chi connectivity index (χ2v) is 3.64. The Bertz CT molecular complexity index is 485. The molecule has 104 valence electrons. The Morgan fingerprint density at radius 1 is 1.37 bits per heavy atom. The molecule has 0 aliphatic carbocycles. The molecule has 0 unspecified atom stereocenters. The highest BCUT2D eigenvalue weighted by Gasteiger charge is 2.19. The van der Waals surface area contributed by atoms with Crippen LogP contribution in [0.4, 0.5) is 5.69 Å². The van der Waals surface area contributed by atoms with E-state index >= 15 is 0 Å². The van der Waals surface area contributed by atoms with Crippen molar-refractivity contribution in [3.8, 4) is 11.5 Å². The number of methoxy groups -OCH3 is 1. The van der Waals surface area contributed by atoms with E-state index in [2.05, 4.69) is 4.74 Å². The first-order valence-electron chi connectivity index (χ1n) is 5.61. The summed E-state index contributed by atoms with van der Waals surface area (Å²) in [7, 11) is 1.42. The molecule has 0 fully saturated rings. The number of hydrogen-bond donors (Lipinski definition) is 0. The molecule has 0 aliphatic rings. The molecule has 0 aliphatic heterocycles. The number of rotatable bonds is 6. The fourth-order valence-corrected chi connectivity index (χ4v) is 1.47. The third-order valence-electron chi connectivity index (χ3n) is 2.32. The summed E-state index contributed by atoms with van der Waals surface area (Å²) >= 11 is 0. The first-order valence-corrected chi connectivity index (χ1v) is 5.61. The summed E-state index contributed by atoms with van der Waals surface area (Å²) in [5, 5.41) is 10.9. The molecule has 7 nitrogen and oxygen atoms in total. The van der Waals surface area contributed by atoms with Crippen molar-refractivity contribution >= 4 is 11.7 Å². The van der Waals surface area contributed by atoms with Crippen molar-refractivity contribution in [1.29, 1.82) is 0 Å². The number of carbonyl (C=O) groups excluding carboxylic acids is 1. The fourth-order valence-electron chi connectivity index (χ4n) is 1.47. The monoisotopic (exact) mass is 269 g/mol. The van der Waals surface area contributed by atoms with Crippen LogP contribution in [0.1, 0.15) is 12.5 Å². The van der Waals surface area contributed by atoms with Gasteiger partial charge in [0.1, 0.15) is 5.75 Å². The number of carbonyl (C=O) groups is 1. The number of aryl methyl sites for hydroxylation is 1. The zero-order chi connectivity index (χ0) is 14.4. The Kier molecular flexibility index (Phi) is 5.11. The molecule has 0 heterocycles. The van der Waals surface area contributed by atoms with Crippen molar-refractivity contribution in [2.75, 3.05) is 20.3 Å². The highest BCUT2D eigenvalue weighted by atomic mass is 16.6. The molecule has 0 atom stereocenters. The van der Waals surface area contributed by atoms with Gasteiger partial charge in [0.2, 0.25) is 0 Å². The van der Waals surface area contributed by atoms with Crippen molar-refractivity contribution in [1.82, 2.24) is 0 Å². The van der Waals surface area contributed by atoms with Crippen LogP contribution in [0.25, 0.3) is 0 Å². The van der Waals surface area contributed by atoms with Crippen LogP contribution < -0.4 is 9.47 Å². The lowest BCUT2D eigenvalue weighted by atomic mass is 10.2. The van der Waals surface area contributed by atoms with Crippen LogP contribution in [0.3, 0.4) is 0 Å². The molecule has 1 aromatic rings. The summed E-state index contributed by atoms with van der Waals surface area (Å²) in [5.41, 5.74) is 0.415. The van der Waals surface area contributed by atoms with Gasteiger partial charge in [-0.25, -0.2) is 4.79 Å². The summed E-state index contributed by atoms with van der Waals surface area (Å²) < 4.78 is 14.8. The standard InChI is InChI=1S/C12H15NO6/c1-4-18-12(14)7-19-11-5-8(2)10(17-3)6-9(11)13(15)16/h5-6H,4,7H2,1-3H3. The van der Waals surface area contributed by atoms with Gasteiger partial charge in [0.05, 0.1) is 24.7 Å². The van der Waals surface area contributed by atoms with Gasteiger partial charge in [-0.2, -0.15) is 0 Å². The van der Waals surface area contributed by atoms with Crippen molar-refractivity contribution in [3.63, 3.8) is 0 Å². The maximum atomic E-state index is 11.2. The summed E-state index contributed by atoms with van der Waals surface area (Å²) in [4.78, 5) is 21.5. The molecule has 1 rings (SSSR count). The highest BCUT2D eigenvalue weighted by molar-refractivity contribution is 5.71. The highest BCUT2D eigenvalue weighted by Crippen LogP contribution is 2.34. The minimum atomic E-state index is -0.595. The molecule has 1 aromatic carbocycles. The second-order valence-electron chi connectivity index (χ2n) is 3.64. The van der Waals surface area contributed by atoms with E-state index in [0.717, 1.165) is 0 Å². The number of hydrogen-bond acceptors (Lipinski definition) is 6. The van der Waals surface area contributed by atoms with E-state index < -0.39 is 10.9 Å². The predicted octanol–water partition coefficient (Wildman–Crippen LogP) is 1.85. The third kappa shape index (κ3) is 3.84. The summed E-state index contributed by atoms with van der Waals surface area (Å²) in [6.07, 6.45) is 0. The molecular formula is C12H15NO6. The van der Waals surface area contributed by atoms with Crippen molar-refractivity contribution < 1.29 is 23.9 Å². The van der Waals surface area contributed by atoms with Crippen molar-refractivity contribution in [2.45, 2.75) is 13.8 Å². The minimum Gasteiger partial charge on any atom is -0.496 e. The zero-order valence-electron chi connectivity index (χ0n) is 11.0. The molecule has 0 radical (unpaired) electrons. The Hall–Kier alpha value is -2.31. The van der Waals surface area contributed by atoms with Crippen LogP contribution >= 0.6 is 0 Å². The molecular weight excluding hydrogens is 254 g/mol. The van der Waals surface area contributed by atoms with Crippen LogP contribution in [0, 0.1) is 17.0 Å². The Morgan fingerprint density at radius 2 is 2.05 bits per heavy atom. The number of benzene rings is 1. The number of nitrogens with zero attached hydrogens (tertiary/aromatic N) is 1. The molecule has 0 saturated heterocycles. The van der Waals surface area contributed by atoms with Gasteiger partial charge < -0.3 is 14.2 Å². The summed E-state index contributed by atoms with van der Waals surface area (Å²) in [6.45, 7) is 3.24. The van der Waals surface area contributed by atoms with Gasteiger partial charge in [-0.05, 0) is 25.5 Å². The van der Waals surface area contributed by atoms with Gasteiger partial charge in [-0.3, -0.25) is 10.1 Å². The van der Waals surface area contributed by atoms with Crippen LogP contribution in [0.15, 0.2) is 12.1 Å². The number of ether oxygens (including phenoxy) is 3. The Morgan fingerprint density at radius 3 is 2.58 bits per heavy atom. The van der Waals surface area contributed by atoms with Gasteiger partial charge in [0.15, 0.2) is 12.4 Å². The van der Waals surface area contributed by atoms with Crippen LogP contribution in [0.2, 0.25) is 0 Å². The normalized spacial score (nSPS) is 9.84. The van der Waals surface area contributed by atoms with E-state index in [9.17, 15) is 14.9 Å². The fraction of sp³-hybridized carbons (Fsp3) is 0.417. The largest absolute Gasteiger partial charge is 0.496 e. The van der Waals surface area contributed by atoms with Gasteiger partial charge >= 0.3 is 11.7 Å². The van der Waals surface area contributed by atoms with E-state index in [1.807, 2.05) is 0 Å². The average Bonchev–Trinajstić information content (AvgIpc) is 2.36. The number of nitro benzene ring substituents is 1. The van der Waals surface area contributed by atoms with Crippen LogP contribution in [0.5, 0.6) is 11.5 Å². The number of nitro groups is 1. The van der Waals surface area contributed by atoms with Crippen molar-refractivity contribution in [2.24, 2.45) is 0 Å². The van der Waals surface area contributed by atoms with Crippen LogP contribution in [-0.2, 0) is 9.53 Å². The lowest BCUT2D eigenvalue weighted by Crippen LogP contribution is -2.15. The average molecular weight is 269 g/mol. The number of esters is 1.